The van der Waals surface area contributed by atoms with Gasteiger partial charge < -0.3 is 4.42 Å². The fourth-order valence-electron chi connectivity index (χ4n) is 6.84. The Kier molecular flexibility index (Phi) is 6.60. The summed E-state index contributed by atoms with van der Waals surface area (Å²) in [6.07, 6.45) is 0. The molecule has 50 heavy (non-hydrogen) atoms. The van der Waals surface area contributed by atoms with Gasteiger partial charge in [0.05, 0.1) is 10.2 Å². The first-order valence-electron chi connectivity index (χ1n) is 16.5. The van der Waals surface area contributed by atoms with Crippen molar-refractivity contribution in [3.63, 3.8) is 0 Å². The summed E-state index contributed by atoms with van der Waals surface area (Å²) in [6, 6.07) is 54.0. The van der Waals surface area contributed by atoms with E-state index in [1.165, 1.54) is 0 Å². The van der Waals surface area contributed by atoms with Gasteiger partial charge >= 0.3 is 0 Å². The molecular formula is C44H26N4OS. The highest BCUT2D eigenvalue weighted by Crippen LogP contribution is 2.42. The normalized spacial score (nSPS) is 11.6. The van der Waals surface area contributed by atoms with E-state index in [1.54, 1.807) is 11.3 Å². The van der Waals surface area contributed by atoms with Gasteiger partial charge in [-0.05, 0) is 34.5 Å². The fraction of sp³-hybridized carbons (Fsp3) is 0. The molecular weight excluding hydrogens is 633 g/mol. The minimum absolute atomic E-state index is 0.581. The summed E-state index contributed by atoms with van der Waals surface area (Å²) in [6.45, 7) is 0. The molecule has 0 unspecified atom stereocenters. The third-order valence-corrected chi connectivity index (χ3v) is 10.2. The molecule has 234 valence electrons. The van der Waals surface area contributed by atoms with Crippen molar-refractivity contribution in [2.45, 2.75) is 0 Å². The Bertz CT molecular complexity index is 2860. The average molecular weight is 659 g/mol. The van der Waals surface area contributed by atoms with E-state index in [9.17, 15) is 0 Å². The molecule has 0 N–H and O–H groups in total. The SMILES string of the molecule is c1ccc(-c2nc(-c3ccc4ccccc4c3-c3ccccc3)nc(-c3cccc4oc5cc6sc(-c7ccccc7)nc6cc5c34)n2)cc1. The number of hydrogen-bond donors (Lipinski definition) is 0. The molecule has 6 heteroatoms. The zero-order valence-electron chi connectivity index (χ0n) is 26.6. The van der Waals surface area contributed by atoms with Crippen molar-refractivity contribution >= 4 is 54.3 Å². The largest absolute Gasteiger partial charge is 0.456 e. The molecule has 0 saturated carbocycles. The molecule has 0 fully saturated rings. The van der Waals surface area contributed by atoms with Crippen molar-refractivity contribution in [1.29, 1.82) is 0 Å². The molecule has 0 spiro atoms. The molecule has 0 atom stereocenters. The quantitative estimate of drug-likeness (QED) is 0.184. The van der Waals surface area contributed by atoms with Crippen LogP contribution in [-0.2, 0) is 0 Å². The number of thiazole rings is 1. The van der Waals surface area contributed by atoms with Crippen molar-refractivity contribution < 1.29 is 4.42 Å². The highest BCUT2D eigenvalue weighted by atomic mass is 32.1. The molecule has 0 aliphatic rings. The van der Waals surface area contributed by atoms with Gasteiger partial charge in [-0.2, -0.15) is 0 Å². The van der Waals surface area contributed by atoms with Crippen LogP contribution in [0.2, 0.25) is 0 Å². The van der Waals surface area contributed by atoms with Crippen molar-refractivity contribution in [1.82, 2.24) is 19.9 Å². The maximum Gasteiger partial charge on any atom is 0.164 e. The number of furan rings is 1. The van der Waals surface area contributed by atoms with Gasteiger partial charge in [0.1, 0.15) is 16.2 Å². The van der Waals surface area contributed by atoms with E-state index in [0.29, 0.717) is 17.5 Å². The second kappa shape index (κ2) is 11.6. The van der Waals surface area contributed by atoms with Crippen LogP contribution in [0.4, 0.5) is 0 Å². The van der Waals surface area contributed by atoms with Crippen LogP contribution in [-0.4, -0.2) is 19.9 Å². The maximum atomic E-state index is 6.50. The highest BCUT2D eigenvalue weighted by Gasteiger charge is 2.21. The number of fused-ring (bicyclic) bond motifs is 5. The standard InChI is InChI=1S/C44H26N4OS/c1-4-14-28(15-5-1)39-31-20-11-10-13-27(31)23-24-33(39)43-47-41(29-16-6-2-7-17-29)46-42(48-43)32-21-12-22-36-40(32)34-25-35-38(26-37(34)49-36)50-44(45-35)30-18-8-3-9-19-30/h1-26H. The molecule has 3 heterocycles. The minimum atomic E-state index is 0.581. The molecule has 0 saturated heterocycles. The van der Waals surface area contributed by atoms with Gasteiger partial charge in [0.15, 0.2) is 17.5 Å². The summed E-state index contributed by atoms with van der Waals surface area (Å²) in [5, 5.41) is 5.22. The maximum absolute atomic E-state index is 6.50. The smallest absolute Gasteiger partial charge is 0.164 e. The second-order valence-corrected chi connectivity index (χ2v) is 13.3. The van der Waals surface area contributed by atoms with Crippen molar-refractivity contribution in [2.24, 2.45) is 0 Å². The molecule has 0 aliphatic carbocycles. The summed E-state index contributed by atoms with van der Waals surface area (Å²) in [7, 11) is 0. The summed E-state index contributed by atoms with van der Waals surface area (Å²) in [5.74, 6) is 1.80. The van der Waals surface area contributed by atoms with Crippen LogP contribution >= 0.6 is 11.3 Å². The summed E-state index contributed by atoms with van der Waals surface area (Å²) in [5.41, 5.74) is 8.55. The number of hydrogen-bond acceptors (Lipinski definition) is 6. The number of benzene rings is 7. The van der Waals surface area contributed by atoms with Gasteiger partial charge in [-0.1, -0.05) is 133 Å². The number of nitrogens with zero attached hydrogens (tertiary/aromatic N) is 4. The van der Waals surface area contributed by atoms with Crippen molar-refractivity contribution in [3.8, 4) is 55.9 Å². The molecule has 7 aromatic carbocycles. The molecule has 10 aromatic rings. The topological polar surface area (TPSA) is 64.7 Å². The molecule has 0 aliphatic heterocycles. The Morgan fingerprint density at radius 2 is 1.10 bits per heavy atom. The lowest BCUT2D eigenvalue weighted by Crippen LogP contribution is -2.01. The van der Waals surface area contributed by atoms with Crippen LogP contribution in [0.3, 0.4) is 0 Å². The first-order chi connectivity index (χ1) is 24.8. The Morgan fingerprint density at radius 1 is 0.440 bits per heavy atom. The van der Waals surface area contributed by atoms with E-state index in [0.717, 1.165) is 81.3 Å². The lowest BCUT2D eigenvalue weighted by atomic mass is 9.93. The van der Waals surface area contributed by atoms with E-state index < -0.39 is 0 Å². The average Bonchev–Trinajstić information content (AvgIpc) is 3.78. The molecule has 3 aromatic heterocycles. The minimum Gasteiger partial charge on any atom is -0.456 e. The summed E-state index contributed by atoms with van der Waals surface area (Å²) < 4.78 is 7.58. The monoisotopic (exact) mass is 658 g/mol. The Hall–Kier alpha value is -6.50. The molecule has 10 rings (SSSR count). The van der Waals surface area contributed by atoms with Gasteiger partial charge in [-0.25, -0.2) is 19.9 Å². The zero-order chi connectivity index (χ0) is 33.0. The van der Waals surface area contributed by atoms with Crippen LogP contribution in [0.15, 0.2) is 162 Å². The van der Waals surface area contributed by atoms with Gasteiger partial charge in [-0.15, -0.1) is 11.3 Å². The molecule has 5 nitrogen and oxygen atoms in total. The second-order valence-electron chi connectivity index (χ2n) is 12.2. The predicted octanol–water partition coefficient (Wildman–Crippen LogP) is 11.9. The summed E-state index contributed by atoms with van der Waals surface area (Å²) >= 11 is 1.67. The molecule has 0 radical (unpaired) electrons. The number of aromatic nitrogens is 4. The van der Waals surface area contributed by atoms with E-state index in [-0.39, 0.29) is 0 Å². The molecule has 0 amide bonds. The third-order valence-electron chi connectivity index (χ3n) is 9.17. The number of rotatable bonds is 5. The van der Waals surface area contributed by atoms with Crippen LogP contribution in [0.5, 0.6) is 0 Å². The fourth-order valence-corrected chi connectivity index (χ4v) is 7.83. The molecule has 0 bridgehead atoms. The lowest BCUT2D eigenvalue weighted by Gasteiger charge is -2.15. The first kappa shape index (κ1) is 28.5. The van der Waals surface area contributed by atoms with E-state index in [4.69, 9.17) is 24.4 Å². The highest BCUT2D eigenvalue weighted by molar-refractivity contribution is 7.21. The van der Waals surface area contributed by atoms with Gasteiger partial charge in [0, 0.05) is 44.7 Å². The van der Waals surface area contributed by atoms with Crippen LogP contribution in [0.1, 0.15) is 0 Å². The Morgan fingerprint density at radius 3 is 1.88 bits per heavy atom. The predicted molar refractivity (Wildman–Crippen MR) is 205 cm³/mol. The van der Waals surface area contributed by atoms with Crippen LogP contribution in [0, 0.1) is 0 Å². The van der Waals surface area contributed by atoms with E-state index >= 15 is 0 Å². The van der Waals surface area contributed by atoms with Crippen LogP contribution in [0.25, 0.3) is 98.8 Å². The first-order valence-corrected chi connectivity index (χ1v) is 17.3. The third kappa shape index (κ3) is 4.77. The summed E-state index contributed by atoms with van der Waals surface area (Å²) in [4.78, 5) is 20.6. The van der Waals surface area contributed by atoms with Crippen LogP contribution < -0.4 is 0 Å². The lowest BCUT2D eigenvalue weighted by molar-refractivity contribution is 0.669. The Labute approximate surface area is 291 Å². The zero-order valence-corrected chi connectivity index (χ0v) is 27.4. The van der Waals surface area contributed by atoms with E-state index in [2.05, 4.69) is 91.0 Å². The van der Waals surface area contributed by atoms with Crippen molar-refractivity contribution in [3.05, 3.63) is 158 Å². The van der Waals surface area contributed by atoms with Gasteiger partial charge in [0.2, 0.25) is 0 Å². The Balaban J connectivity index is 1.23. The van der Waals surface area contributed by atoms with Crippen molar-refractivity contribution in [2.75, 3.05) is 0 Å². The van der Waals surface area contributed by atoms with Gasteiger partial charge in [-0.3, -0.25) is 0 Å². The van der Waals surface area contributed by atoms with Gasteiger partial charge in [0.25, 0.3) is 0 Å². The van der Waals surface area contributed by atoms with E-state index in [1.807, 2.05) is 66.7 Å².